The van der Waals surface area contributed by atoms with Crippen LogP contribution in [0, 0.1) is 5.92 Å². The van der Waals surface area contributed by atoms with E-state index in [1.807, 2.05) is 37.3 Å². The summed E-state index contributed by atoms with van der Waals surface area (Å²) in [5.41, 5.74) is 0. The highest BCUT2D eigenvalue weighted by Crippen LogP contribution is 2.20. The predicted molar refractivity (Wildman–Crippen MR) is 112 cm³/mol. The molecule has 2 N–H and O–H groups in total. The molecule has 6 heteroatoms. The lowest BCUT2D eigenvalue weighted by Gasteiger charge is -2.15. The van der Waals surface area contributed by atoms with Gasteiger partial charge in [0.1, 0.15) is 23.9 Å². The lowest BCUT2D eigenvalue weighted by atomic mass is 9.93. The third-order valence-electron chi connectivity index (χ3n) is 4.57. The minimum atomic E-state index is -0.787. The molecule has 162 valence electrons. The van der Waals surface area contributed by atoms with Gasteiger partial charge in [0.2, 0.25) is 0 Å². The molecule has 2 atom stereocenters. The van der Waals surface area contributed by atoms with Crippen molar-refractivity contribution in [2.45, 2.75) is 64.9 Å². The average molecular weight is 407 g/mol. The molecule has 1 aromatic carbocycles. The Hall–Kier alpha value is -2.34. The average Bonchev–Trinajstić information content (AvgIpc) is 2.67. The Morgan fingerprint density at radius 3 is 2.48 bits per heavy atom. The molecule has 0 fully saturated rings. The van der Waals surface area contributed by atoms with E-state index in [4.69, 9.17) is 14.6 Å². The molecule has 0 heterocycles. The maximum absolute atomic E-state index is 11.8. The van der Waals surface area contributed by atoms with Crippen LogP contribution in [0.4, 0.5) is 0 Å². The number of allylic oxidation sites excluding steroid dienone is 2. The number of carbonyl (C=O) groups is 2. The summed E-state index contributed by atoms with van der Waals surface area (Å²) in [5, 5.41) is 18.8. The summed E-state index contributed by atoms with van der Waals surface area (Å²) in [6.07, 6.45) is 7.45. The monoisotopic (exact) mass is 406 g/mol. The molecule has 0 aliphatic carbocycles. The number of carbonyl (C=O) groups excluding carboxylic acids is 1. The van der Waals surface area contributed by atoms with Crippen LogP contribution < -0.4 is 9.47 Å². The normalized spacial score (nSPS) is 13.2. The molecule has 0 saturated carbocycles. The number of unbranched alkanes of at least 4 members (excludes halogenated alkanes) is 1. The quantitative estimate of drug-likeness (QED) is 0.312. The van der Waals surface area contributed by atoms with E-state index in [9.17, 15) is 14.7 Å². The highest BCUT2D eigenvalue weighted by molar-refractivity contribution is 5.78. The Labute approximate surface area is 173 Å². The fraction of sp³-hybridized carbons (Fsp3) is 0.565. The van der Waals surface area contributed by atoms with Gasteiger partial charge in [0.05, 0.1) is 12.7 Å². The third kappa shape index (κ3) is 12.0. The van der Waals surface area contributed by atoms with Gasteiger partial charge in [0.15, 0.2) is 0 Å². The molecule has 1 rings (SSSR count). The molecule has 0 spiro atoms. The van der Waals surface area contributed by atoms with Crippen molar-refractivity contribution in [3.05, 3.63) is 36.4 Å². The van der Waals surface area contributed by atoms with Crippen LogP contribution in [-0.4, -0.2) is 41.3 Å². The minimum absolute atomic E-state index is 0.0679. The first-order valence-electron chi connectivity index (χ1n) is 10.3. The van der Waals surface area contributed by atoms with Crippen molar-refractivity contribution in [3.8, 4) is 11.5 Å². The molecule has 0 amide bonds. The maximum atomic E-state index is 11.8. The molecule has 6 nitrogen and oxygen atoms in total. The Balaban J connectivity index is 2.27. The number of benzene rings is 1. The van der Waals surface area contributed by atoms with Gasteiger partial charge in [-0.3, -0.25) is 9.59 Å². The number of ketones is 1. The molecular weight excluding hydrogens is 372 g/mol. The Morgan fingerprint density at radius 2 is 1.83 bits per heavy atom. The largest absolute Gasteiger partial charge is 0.494 e. The first kappa shape index (κ1) is 24.7. The fourth-order valence-electron chi connectivity index (χ4n) is 2.93. The van der Waals surface area contributed by atoms with Crippen molar-refractivity contribution in [3.63, 3.8) is 0 Å². The lowest BCUT2D eigenvalue weighted by Crippen LogP contribution is -2.18. The second-order valence-corrected chi connectivity index (χ2v) is 7.10. The van der Waals surface area contributed by atoms with Crippen LogP contribution in [0.15, 0.2) is 36.4 Å². The lowest BCUT2D eigenvalue weighted by molar-refractivity contribution is -0.137. The van der Waals surface area contributed by atoms with Crippen LogP contribution in [0.5, 0.6) is 11.5 Å². The van der Waals surface area contributed by atoms with Gasteiger partial charge in [0, 0.05) is 18.4 Å². The van der Waals surface area contributed by atoms with Crippen molar-refractivity contribution in [2.24, 2.45) is 5.92 Å². The summed E-state index contributed by atoms with van der Waals surface area (Å²) in [6, 6.07) is 7.32. The van der Waals surface area contributed by atoms with Gasteiger partial charge in [-0.2, -0.15) is 0 Å². The zero-order valence-electron chi connectivity index (χ0n) is 17.5. The number of aliphatic hydroxyl groups is 1. The van der Waals surface area contributed by atoms with E-state index in [0.717, 1.165) is 12.2 Å². The summed E-state index contributed by atoms with van der Waals surface area (Å²) >= 11 is 0. The number of Topliss-reactive ketones (excluding diaryl/α,β-unsaturated/α-hetero) is 1. The molecule has 1 aromatic rings. The summed E-state index contributed by atoms with van der Waals surface area (Å²) in [6.45, 7) is 4.29. The van der Waals surface area contributed by atoms with Gasteiger partial charge >= 0.3 is 5.97 Å². The first-order valence-corrected chi connectivity index (χ1v) is 10.3. The highest BCUT2D eigenvalue weighted by Gasteiger charge is 2.14. The van der Waals surface area contributed by atoms with E-state index in [0.29, 0.717) is 44.5 Å². The molecule has 2 unspecified atom stereocenters. The van der Waals surface area contributed by atoms with Crippen molar-refractivity contribution < 1.29 is 29.3 Å². The van der Waals surface area contributed by atoms with Crippen molar-refractivity contribution in [1.82, 2.24) is 0 Å². The van der Waals surface area contributed by atoms with E-state index in [1.165, 1.54) is 0 Å². The van der Waals surface area contributed by atoms with Gasteiger partial charge in [-0.1, -0.05) is 24.6 Å². The first-order chi connectivity index (χ1) is 13.9. The second kappa shape index (κ2) is 14.6. The number of carboxylic acid groups (broad SMARTS) is 1. The standard InChI is InChI=1S/C23H34O6/c1-3-28-21-13-9-14-22(16-21)29-17-20(25)12-8-11-19(18(2)24)10-6-4-5-7-15-23(26)27/h4,6,9,13-14,16,19-20,25H,3,5,7-8,10-12,15,17H2,1-2H3,(H,26,27). The van der Waals surface area contributed by atoms with E-state index in [1.54, 1.807) is 13.0 Å². The molecule has 0 saturated heterocycles. The minimum Gasteiger partial charge on any atom is -0.494 e. The van der Waals surface area contributed by atoms with Crippen LogP contribution in [0.25, 0.3) is 0 Å². The second-order valence-electron chi connectivity index (χ2n) is 7.10. The zero-order chi connectivity index (χ0) is 21.5. The number of hydrogen-bond acceptors (Lipinski definition) is 5. The van der Waals surface area contributed by atoms with Gasteiger partial charge in [-0.15, -0.1) is 0 Å². The Kier molecular flexibility index (Phi) is 12.5. The summed E-state index contributed by atoms with van der Waals surface area (Å²) in [5.74, 6) is 0.675. The molecule has 0 bridgehead atoms. The number of ether oxygens (including phenoxy) is 2. The van der Waals surface area contributed by atoms with Crippen LogP contribution in [0.2, 0.25) is 0 Å². The van der Waals surface area contributed by atoms with E-state index in [2.05, 4.69) is 0 Å². The van der Waals surface area contributed by atoms with Crippen LogP contribution in [0.3, 0.4) is 0 Å². The Morgan fingerprint density at radius 1 is 1.10 bits per heavy atom. The summed E-state index contributed by atoms with van der Waals surface area (Å²) < 4.78 is 11.1. The zero-order valence-corrected chi connectivity index (χ0v) is 17.5. The molecule has 0 aliphatic rings. The number of hydrogen-bond donors (Lipinski definition) is 2. The number of aliphatic hydroxyl groups excluding tert-OH is 1. The van der Waals surface area contributed by atoms with Gasteiger partial charge in [-0.05, 0) is 58.1 Å². The van der Waals surface area contributed by atoms with Gasteiger partial charge < -0.3 is 19.7 Å². The number of rotatable bonds is 16. The van der Waals surface area contributed by atoms with Crippen molar-refractivity contribution >= 4 is 11.8 Å². The van der Waals surface area contributed by atoms with Crippen LogP contribution >= 0.6 is 0 Å². The van der Waals surface area contributed by atoms with Gasteiger partial charge in [-0.25, -0.2) is 0 Å². The topological polar surface area (TPSA) is 93.1 Å². The molecular formula is C23H34O6. The van der Waals surface area contributed by atoms with Crippen molar-refractivity contribution in [2.75, 3.05) is 13.2 Å². The van der Waals surface area contributed by atoms with E-state index in [-0.39, 0.29) is 24.7 Å². The Bertz CT molecular complexity index is 640. The summed E-state index contributed by atoms with van der Waals surface area (Å²) in [7, 11) is 0. The molecule has 0 aliphatic heterocycles. The molecule has 29 heavy (non-hydrogen) atoms. The number of carboxylic acids is 1. The number of aliphatic carboxylic acids is 1. The SMILES string of the molecule is CCOc1cccc(OCC(O)CCCC(CC=CCCCC(=O)O)C(C)=O)c1. The van der Waals surface area contributed by atoms with Gasteiger partial charge in [0.25, 0.3) is 0 Å². The summed E-state index contributed by atoms with van der Waals surface area (Å²) in [4.78, 5) is 22.3. The fourth-order valence-corrected chi connectivity index (χ4v) is 2.93. The van der Waals surface area contributed by atoms with Crippen LogP contribution in [-0.2, 0) is 9.59 Å². The molecule has 0 aromatic heterocycles. The van der Waals surface area contributed by atoms with E-state index >= 15 is 0 Å². The third-order valence-corrected chi connectivity index (χ3v) is 4.57. The van der Waals surface area contributed by atoms with E-state index < -0.39 is 12.1 Å². The maximum Gasteiger partial charge on any atom is 0.303 e. The predicted octanol–water partition coefficient (Wildman–Crippen LogP) is 4.40. The smallest absolute Gasteiger partial charge is 0.303 e. The molecule has 0 radical (unpaired) electrons. The highest BCUT2D eigenvalue weighted by atomic mass is 16.5. The van der Waals surface area contributed by atoms with Crippen molar-refractivity contribution in [1.29, 1.82) is 0 Å². The van der Waals surface area contributed by atoms with Crippen LogP contribution in [0.1, 0.15) is 58.8 Å².